The summed E-state index contributed by atoms with van der Waals surface area (Å²) in [5.41, 5.74) is -1.80. The second-order valence-corrected chi connectivity index (χ2v) is 6.96. The Bertz CT molecular complexity index is 743. The zero-order valence-electron chi connectivity index (χ0n) is 12.1. The average Bonchev–Trinajstić information content (AvgIpc) is 2.87. The molecular weight excluding hydrogens is 446 g/mol. The lowest BCUT2D eigenvalue weighted by atomic mass is 10.0. The predicted octanol–water partition coefficient (Wildman–Crippen LogP) is 4.53. The van der Waals surface area contributed by atoms with E-state index in [0.717, 1.165) is 21.8 Å². The molecule has 0 fully saturated rings. The van der Waals surface area contributed by atoms with Gasteiger partial charge in [0.15, 0.2) is 0 Å². The standard InChI is InChI=1S/C14H12ClF3IN3O/c1-13(2,22-7-9(19)6-20-22)12(23)21-11-4-3-8(5-10(11)15)14(16,17)18/h3-7H,1-2H3,(H,21,23). The molecule has 2 aromatic rings. The Morgan fingerprint density at radius 1 is 1.35 bits per heavy atom. The van der Waals surface area contributed by atoms with Crippen molar-refractivity contribution in [3.8, 4) is 0 Å². The van der Waals surface area contributed by atoms with Gasteiger partial charge >= 0.3 is 6.18 Å². The number of amides is 1. The SMILES string of the molecule is CC(C)(C(=O)Nc1ccc(C(F)(F)F)cc1Cl)n1cc(I)cn1. The summed E-state index contributed by atoms with van der Waals surface area (Å²) in [6.45, 7) is 3.28. The van der Waals surface area contributed by atoms with Gasteiger partial charge in [-0.2, -0.15) is 18.3 Å². The highest BCUT2D eigenvalue weighted by Crippen LogP contribution is 2.34. The van der Waals surface area contributed by atoms with E-state index in [2.05, 4.69) is 33.0 Å². The zero-order valence-corrected chi connectivity index (χ0v) is 15.0. The van der Waals surface area contributed by atoms with Gasteiger partial charge in [-0.15, -0.1) is 0 Å². The summed E-state index contributed by atoms with van der Waals surface area (Å²) in [6, 6.07) is 2.78. The molecule has 9 heteroatoms. The molecule has 1 heterocycles. The number of hydrogen-bond acceptors (Lipinski definition) is 2. The highest BCUT2D eigenvalue weighted by atomic mass is 127. The van der Waals surface area contributed by atoms with E-state index >= 15 is 0 Å². The first kappa shape index (κ1) is 18.1. The lowest BCUT2D eigenvalue weighted by Gasteiger charge is -2.24. The maximum absolute atomic E-state index is 12.6. The van der Waals surface area contributed by atoms with Gasteiger partial charge in [-0.05, 0) is 54.6 Å². The molecule has 0 bridgehead atoms. The minimum Gasteiger partial charge on any atom is -0.323 e. The molecule has 1 aromatic heterocycles. The van der Waals surface area contributed by atoms with Crippen LogP contribution in [0.25, 0.3) is 0 Å². The predicted molar refractivity (Wildman–Crippen MR) is 89.3 cm³/mol. The lowest BCUT2D eigenvalue weighted by molar-refractivity contribution is -0.137. The van der Waals surface area contributed by atoms with Gasteiger partial charge in [0.1, 0.15) is 5.54 Å². The number of nitrogens with one attached hydrogen (secondary N) is 1. The highest BCUT2D eigenvalue weighted by molar-refractivity contribution is 14.1. The molecule has 0 aliphatic rings. The molecule has 0 radical (unpaired) electrons. The summed E-state index contributed by atoms with van der Waals surface area (Å²) >= 11 is 7.90. The lowest BCUT2D eigenvalue weighted by Crippen LogP contribution is -2.40. The first-order valence-electron chi connectivity index (χ1n) is 6.40. The van der Waals surface area contributed by atoms with Crippen LogP contribution in [0.1, 0.15) is 19.4 Å². The molecular formula is C14H12ClF3IN3O. The number of benzene rings is 1. The van der Waals surface area contributed by atoms with Crippen LogP contribution in [0.4, 0.5) is 18.9 Å². The second kappa shape index (κ2) is 6.31. The van der Waals surface area contributed by atoms with Gasteiger partial charge in [0.2, 0.25) is 0 Å². The summed E-state index contributed by atoms with van der Waals surface area (Å²) in [5.74, 6) is -0.446. The van der Waals surface area contributed by atoms with Crippen molar-refractivity contribution in [2.45, 2.75) is 25.6 Å². The van der Waals surface area contributed by atoms with Crippen LogP contribution in [0.3, 0.4) is 0 Å². The normalized spacial score (nSPS) is 12.3. The van der Waals surface area contributed by atoms with Gasteiger partial charge < -0.3 is 5.32 Å². The van der Waals surface area contributed by atoms with Crippen LogP contribution in [0.2, 0.25) is 5.02 Å². The van der Waals surface area contributed by atoms with E-state index in [9.17, 15) is 18.0 Å². The third kappa shape index (κ3) is 3.97. The van der Waals surface area contributed by atoms with E-state index in [1.807, 2.05) is 0 Å². The number of rotatable bonds is 3. The van der Waals surface area contributed by atoms with Gasteiger partial charge in [-0.3, -0.25) is 9.48 Å². The fourth-order valence-corrected chi connectivity index (χ4v) is 2.39. The van der Waals surface area contributed by atoms with Gasteiger partial charge in [0, 0.05) is 6.20 Å². The summed E-state index contributed by atoms with van der Waals surface area (Å²) in [5, 5.41) is 6.44. The number of hydrogen-bond donors (Lipinski definition) is 1. The molecule has 0 spiro atoms. The van der Waals surface area contributed by atoms with Crippen molar-refractivity contribution in [3.63, 3.8) is 0 Å². The van der Waals surface area contributed by atoms with Crippen molar-refractivity contribution in [2.24, 2.45) is 0 Å². The van der Waals surface area contributed by atoms with Crippen LogP contribution < -0.4 is 5.32 Å². The number of halogens is 5. The van der Waals surface area contributed by atoms with Crippen molar-refractivity contribution in [1.82, 2.24) is 9.78 Å². The molecule has 2 rings (SSSR count). The van der Waals surface area contributed by atoms with E-state index in [1.54, 1.807) is 26.2 Å². The first-order chi connectivity index (χ1) is 10.5. The van der Waals surface area contributed by atoms with Crippen LogP contribution in [0.5, 0.6) is 0 Å². The summed E-state index contributed by atoms with van der Waals surface area (Å²) < 4.78 is 40.2. The molecule has 1 aromatic carbocycles. The summed E-state index contributed by atoms with van der Waals surface area (Å²) in [4.78, 5) is 12.4. The molecule has 124 valence electrons. The molecule has 0 atom stereocenters. The van der Waals surface area contributed by atoms with Gasteiger partial charge in [0.25, 0.3) is 5.91 Å². The number of nitrogens with zero attached hydrogens (tertiary/aromatic N) is 2. The molecule has 0 aliphatic carbocycles. The minimum atomic E-state index is -4.49. The van der Waals surface area contributed by atoms with Crippen molar-refractivity contribution in [2.75, 3.05) is 5.32 Å². The van der Waals surface area contributed by atoms with Crippen LogP contribution in [-0.2, 0) is 16.5 Å². The topological polar surface area (TPSA) is 46.9 Å². The van der Waals surface area contributed by atoms with Crippen molar-refractivity contribution in [1.29, 1.82) is 0 Å². The first-order valence-corrected chi connectivity index (χ1v) is 7.86. The number of alkyl halides is 3. The second-order valence-electron chi connectivity index (χ2n) is 5.31. The van der Waals surface area contributed by atoms with Gasteiger partial charge in [-0.25, -0.2) is 0 Å². The molecule has 0 aliphatic heterocycles. The van der Waals surface area contributed by atoms with E-state index < -0.39 is 23.2 Å². The third-order valence-corrected chi connectivity index (χ3v) is 4.09. The maximum atomic E-state index is 12.6. The number of aromatic nitrogens is 2. The van der Waals surface area contributed by atoms with Crippen LogP contribution >= 0.6 is 34.2 Å². The van der Waals surface area contributed by atoms with Crippen molar-refractivity contribution < 1.29 is 18.0 Å². The van der Waals surface area contributed by atoms with Crippen LogP contribution in [0, 0.1) is 3.57 Å². The monoisotopic (exact) mass is 457 g/mol. The Morgan fingerprint density at radius 2 is 2.00 bits per heavy atom. The minimum absolute atomic E-state index is 0.111. The Labute approximate surface area is 149 Å². The van der Waals surface area contributed by atoms with Gasteiger partial charge in [0.05, 0.1) is 26.0 Å². The Hall–Kier alpha value is -1.29. The Balaban J connectivity index is 2.23. The Kier molecular flexibility index (Phi) is 4.95. The van der Waals surface area contributed by atoms with Crippen LogP contribution in [0.15, 0.2) is 30.6 Å². The van der Waals surface area contributed by atoms with E-state index in [0.29, 0.717) is 0 Å². The molecule has 4 nitrogen and oxygen atoms in total. The average molecular weight is 458 g/mol. The Morgan fingerprint density at radius 3 is 2.48 bits per heavy atom. The summed E-state index contributed by atoms with van der Waals surface area (Å²) in [6.07, 6.45) is -1.20. The number of carbonyl (C=O) groups is 1. The van der Waals surface area contributed by atoms with E-state index in [-0.39, 0.29) is 10.7 Å². The molecule has 1 amide bonds. The molecule has 23 heavy (non-hydrogen) atoms. The quantitative estimate of drug-likeness (QED) is 0.688. The van der Waals surface area contributed by atoms with Crippen LogP contribution in [-0.4, -0.2) is 15.7 Å². The number of anilines is 1. The highest BCUT2D eigenvalue weighted by Gasteiger charge is 2.33. The molecule has 0 saturated carbocycles. The fraction of sp³-hybridized carbons (Fsp3) is 0.286. The largest absolute Gasteiger partial charge is 0.416 e. The molecule has 0 saturated heterocycles. The molecule has 0 unspecified atom stereocenters. The smallest absolute Gasteiger partial charge is 0.323 e. The fourth-order valence-electron chi connectivity index (χ4n) is 1.78. The van der Waals surface area contributed by atoms with E-state index in [1.165, 1.54) is 4.68 Å². The molecule has 1 N–H and O–H groups in total. The van der Waals surface area contributed by atoms with Gasteiger partial charge in [-0.1, -0.05) is 11.6 Å². The summed E-state index contributed by atoms with van der Waals surface area (Å²) in [7, 11) is 0. The van der Waals surface area contributed by atoms with Crippen molar-refractivity contribution >= 4 is 45.8 Å². The zero-order chi connectivity index (χ0) is 17.4. The number of carbonyl (C=O) groups excluding carboxylic acids is 1. The van der Waals surface area contributed by atoms with Crippen molar-refractivity contribution in [3.05, 3.63) is 44.7 Å². The third-order valence-electron chi connectivity index (χ3n) is 3.22. The maximum Gasteiger partial charge on any atom is 0.416 e. The van der Waals surface area contributed by atoms with E-state index in [4.69, 9.17) is 11.6 Å².